The van der Waals surface area contributed by atoms with Gasteiger partial charge in [-0.3, -0.25) is 18.9 Å². The quantitative estimate of drug-likeness (QED) is 0.335. The summed E-state index contributed by atoms with van der Waals surface area (Å²) in [5.74, 6) is 0.837. The molecule has 0 unspecified atom stereocenters. The number of hydrogen-bond donors (Lipinski definition) is 1. The minimum Gasteiger partial charge on any atom is -0.349 e. The SMILES string of the molecule is Cc1ncc(Cl)cc1C(=O)NC1CCC(Cn2c(=O)n(-c3ccnc(-n4cccn4)c3)c3ccccc32)CC1. The summed E-state index contributed by atoms with van der Waals surface area (Å²) >= 11 is 6.05. The van der Waals surface area contributed by atoms with Crippen LogP contribution in [0.15, 0.2) is 78.1 Å². The number of amides is 1. The molecule has 1 aromatic carbocycles. The summed E-state index contributed by atoms with van der Waals surface area (Å²) in [6, 6.07) is 15.2. The fraction of sp³-hybridized carbons (Fsp3) is 0.276. The van der Waals surface area contributed by atoms with Crippen LogP contribution in [0, 0.1) is 12.8 Å². The molecule has 1 fully saturated rings. The number of fused-ring (bicyclic) bond motifs is 1. The molecule has 198 valence electrons. The average molecular weight is 542 g/mol. The molecular weight excluding hydrogens is 514 g/mol. The van der Waals surface area contributed by atoms with Crippen molar-refractivity contribution in [1.82, 2.24) is 34.2 Å². The summed E-state index contributed by atoms with van der Waals surface area (Å²) in [6.45, 7) is 2.43. The van der Waals surface area contributed by atoms with Crippen molar-refractivity contribution in [1.29, 1.82) is 0 Å². The van der Waals surface area contributed by atoms with Gasteiger partial charge in [0.1, 0.15) is 0 Å². The molecular formula is C29H28ClN7O2. The van der Waals surface area contributed by atoms with Gasteiger partial charge in [0.25, 0.3) is 5.91 Å². The van der Waals surface area contributed by atoms with Gasteiger partial charge >= 0.3 is 5.69 Å². The second-order valence-electron chi connectivity index (χ2n) is 10.0. The number of halogens is 1. The summed E-state index contributed by atoms with van der Waals surface area (Å²) in [5.41, 5.74) is 3.59. The summed E-state index contributed by atoms with van der Waals surface area (Å²) in [4.78, 5) is 35.2. The van der Waals surface area contributed by atoms with E-state index in [9.17, 15) is 9.59 Å². The predicted octanol–water partition coefficient (Wildman–Crippen LogP) is 4.72. The molecule has 4 aromatic heterocycles. The van der Waals surface area contributed by atoms with Gasteiger partial charge in [-0.15, -0.1) is 0 Å². The molecule has 1 amide bonds. The summed E-state index contributed by atoms with van der Waals surface area (Å²) < 4.78 is 5.31. The van der Waals surface area contributed by atoms with E-state index in [-0.39, 0.29) is 17.6 Å². The van der Waals surface area contributed by atoms with Crippen LogP contribution in [-0.2, 0) is 6.54 Å². The summed E-state index contributed by atoms with van der Waals surface area (Å²) in [7, 11) is 0. The standard InChI is InChI=1S/C29H28ClN7O2/c1-19-24(15-21(30)17-32-19)28(38)34-22-9-7-20(8-10-22)18-35-25-5-2-3-6-26(25)37(29(35)39)23-11-13-31-27(16-23)36-14-4-12-33-36/h2-6,11-17,20,22H,7-10,18H2,1H3,(H,34,38). The van der Waals surface area contributed by atoms with Gasteiger partial charge in [-0.25, -0.2) is 14.5 Å². The Morgan fingerprint density at radius 1 is 1.03 bits per heavy atom. The van der Waals surface area contributed by atoms with Crippen molar-refractivity contribution in [3.63, 3.8) is 0 Å². The second-order valence-corrected chi connectivity index (χ2v) is 10.5. The van der Waals surface area contributed by atoms with Gasteiger partial charge in [0.2, 0.25) is 0 Å². The molecule has 0 spiro atoms. The van der Waals surface area contributed by atoms with Crippen LogP contribution in [0.2, 0.25) is 5.02 Å². The number of para-hydroxylation sites is 2. The molecule has 0 saturated heterocycles. The molecule has 5 aromatic rings. The average Bonchev–Trinajstić information content (AvgIpc) is 3.58. The number of carbonyl (C=O) groups excluding carboxylic acids is 1. The number of nitrogens with one attached hydrogen (secondary N) is 1. The van der Waals surface area contributed by atoms with Gasteiger partial charge in [-0.1, -0.05) is 23.7 Å². The highest BCUT2D eigenvalue weighted by Crippen LogP contribution is 2.28. The highest BCUT2D eigenvalue weighted by molar-refractivity contribution is 6.30. The van der Waals surface area contributed by atoms with Crippen molar-refractivity contribution >= 4 is 28.5 Å². The molecule has 10 heteroatoms. The van der Waals surface area contributed by atoms with E-state index in [1.807, 2.05) is 53.2 Å². The Bertz CT molecular complexity index is 1700. The fourth-order valence-corrected chi connectivity index (χ4v) is 5.62. The van der Waals surface area contributed by atoms with Gasteiger partial charge in [0, 0.05) is 43.4 Å². The monoisotopic (exact) mass is 541 g/mol. The number of benzene rings is 1. The van der Waals surface area contributed by atoms with Crippen molar-refractivity contribution in [2.45, 2.75) is 45.2 Å². The molecule has 1 aliphatic carbocycles. The van der Waals surface area contributed by atoms with Crippen LogP contribution < -0.4 is 11.0 Å². The Morgan fingerprint density at radius 3 is 2.59 bits per heavy atom. The van der Waals surface area contributed by atoms with E-state index < -0.39 is 0 Å². The number of nitrogens with zero attached hydrogens (tertiary/aromatic N) is 6. The zero-order chi connectivity index (χ0) is 26.9. The Hall–Kier alpha value is -4.24. The van der Waals surface area contributed by atoms with Crippen LogP contribution in [0.1, 0.15) is 41.7 Å². The van der Waals surface area contributed by atoms with E-state index >= 15 is 0 Å². The lowest BCUT2D eigenvalue weighted by Gasteiger charge is -2.29. The lowest BCUT2D eigenvalue weighted by Crippen LogP contribution is -2.39. The van der Waals surface area contributed by atoms with Crippen LogP contribution in [0.3, 0.4) is 0 Å². The van der Waals surface area contributed by atoms with E-state index in [1.165, 1.54) is 0 Å². The first kappa shape index (κ1) is 25.1. The third kappa shape index (κ3) is 4.97. The van der Waals surface area contributed by atoms with Crippen molar-refractivity contribution in [2.75, 3.05) is 0 Å². The molecule has 1 aliphatic rings. The van der Waals surface area contributed by atoms with Gasteiger partial charge in [0.15, 0.2) is 5.82 Å². The Labute approximate surface area is 230 Å². The van der Waals surface area contributed by atoms with Crippen molar-refractivity contribution in [3.05, 3.63) is 100 Å². The maximum atomic E-state index is 13.8. The molecule has 1 saturated carbocycles. The molecule has 0 aliphatic heterocycles. The van der Waals surface area contributed by atoms with E-state index in [0.29, 0.717) is 34.6 Å². The Balaban J connectivity index is 1.20. The van der Waals surface area contributed by atoms with E-state index in [4.69, 9.17) is 11.6 Å². The first-order valence-corrected chi connectivity index (χ1v) is 13.5. The van der Waals surface area contributed by atoms with Crippen LogP contribution in [-0.4, -0.2) is 40.8 Å². The molecule has 1 N–H and O–H groups in total. The lowest BCUT2D eigenvalue weighted by molar-refractivity contribution is 0.0919. The van der Waals surface area contributed by atoms with Crippen LogP contribution >= 0.6 is 11.6 Å². The Kier molecular flexibility index (Phi) is 6.74. The molecule has 9 nitrogen and oxygen atoms in total. The van der Waals surface area contributed by atoms with E-state index in [1.54, 1.807) is 40.8 Å². The number of hydrogen-bond acceptors (Lipinski definition) is 5. The molecule has 0 atom stereocenters. The van der Waals surface area contributed by atoms with Crippen molar-refractivity contribution in [2.24, 2.45) is 5.92 Å². The largest absolute Gasteiger partial charge is 0.349 e. The van der Waals surface area contributed by atoms with Gasteiger partial charge in [-0.05, 0) is 68.9 Å². The number of carbonyl (C=O) groups is 1. The van der Waals surface area contributed by atoms with Crippen LogP contribution in [0.25, 0.3) is 22.5 Å². The van der Waals surface area contributed by atoms with E-state index in [2.05, 4.69) is 20.4 Å². The predicted molar refractivity (Wildman–Crippen MR) is 150 cm³/mol. The maximum absolute atomic E-state index is 13.8. The highest BCUT2D eigenvalue weighted by atomic mass is 35.5. The molecule has 0 radical (unpaired) electrons. The number of imidazole rings is 1. The smallest absolute Gasteiger partial charge is 0.333 e. The Morgan fingerprint density at radius 2 is 1.82 bits per heavy atom. The molecule has 4 heterocycles. The van der Waals surface area contributed by atoms with Crippen LogP contribution in [0.5, 0.6) is 0 Å². The second kappa shape index (κ2) is 10.5. The molecule has 39 heavy (non-hydrogen) atoms. The zero-order valence-electron chi connectivity index (χ0n) is 21.5. The highest BCUT2D eigenvalue weighted by Gasteiger charge is 2.26. The first-order valence-electron chi connectivity index (χ1n) is 13.1. The summed E-state index contributed by atoms with van der Waals surface area (Å²) in [5, 5.41) is 7.86. The normalized spacial score (nSPS) is 17.4. The molecule has 0 bridgehead atoms. The number of pyridine rings is 2. The van der Waals surface area contributed by atoms with Gasteiger partial charge in [-0.2, -0.15) is 5.10 Å². The summed E-state index contributed by atoms with van der Waals surface area (Å²) in [6.07, 6.45) is 10.3. The minimum absolute atomic E-state index is 0.0758. The lowest BCUT2D eigenvalue weighted by atomic mass is 9.85. The third-order valence-corrected chi connectivity index (χ3v) is 7.69. The number of aryl methyl sites for hydroxylation is 1. The zero-order valence-corrected chi connectivity index (χ0v) is 22.3. The number of rotatable bonds is 6. The molecule has 6 rings (SSSR count). The topological polar surface area (TPSA) is 99.6 Å². The van der Waals surface area contributed by atoms with Crippen molar-refractivity contribution in [3.8, 4) is 11.5 Å². The van der Waals surface area contributed by atoms with Gasteiger partial charge in [0.05, 0.1) is 33.0 Å². The van der Waals surface area contributed by atoms with Crippen LogP contribution in [0.4, 0.5) is 0 Å². The third-order valence-electron chi connectivity index (χ3n) is 7.48. The van der Waals surface area contributed by atoms with E-state index in [0.717, 1.165) is 42.4 Å². The maximum Gasteiger partial charge on any atom is 0.333 e. The fourth-order valence-electron chi connectivity index (χ4n) is 5.46. The van der Waals surface area contributed by atoms with Crippen molar-refractivity contribution < 1.29 is 4.79 Å². The minimum atomic E-state index is -0.142. The van der Waals surface area contributed by atoms with Gasteiger partial charge < -0.3 is 5.32 Å². The first-order chi connectivity index (χ1) is 19.0. The number of aromatic nitrogens is 6.